The molecule has 6 nitrogen and oxygen atoms in total. The number of carbonyl (C=O) groups is 3. The first-order valence-electron chi connectivity index (χ1n) is 8.92. The van der Waals surface area contributed by atoms with Crippen LogP contribution in [0.25, 0.3) is 0 Å². The molecule has 7 heteroatoms. The average molecular weight is 403 g/mol. The van der Waals surface area contributed by atoms with Gasteiger partial charge in [-0.05, 0) is 43.2 Å². The molecule has 0 aliphatic heterocycles. The van der Waals surface area contributed by atoms with Crippen LogP contribution in [-0.4, -0.2) is 30.4 Å². The molecule has 2 N–H and O–H groups in total. The van der Waals surface area contributed by atoms with Gasteiger partial charge in [0, 0.05) is 23.7 Å². The highest BCUT2D eigenvalue weighted by Gasteiger charge is 2.17. The zero-order valence-corrected chi connectivity index (χ0v) is 16.6. The minimum absolute atomic E-state index is 0.0214. The minimum atomic E-state index is -0.924. The molecule has 2 amide bonds. The quantitative estimate of drug-likeness (QED) is 0.665. The van der Waals surface area contributed by atoms with Crippen LogP contribution in [-0.2, 0) is 20.9 Å². The summed E-state index contributed by atoms with van der Waals surface area (Å²) < 4.78 is 5.11. The van der Waals surface area contributed by atoms with Crippen LogP contribution in [0, 0.1) is 6.92 Å². The van der Waals surface area contributed by atoms with E-state index in [0.717, 1.165) is 11.1 Å². The van der Waals surface area contributed by atoms with Gasteiger partial charge >= 0.3 is 5.97 Å². The van der Waals surface area contributed by atoms with Crippen molar-refractivity contribution in [2.45, 2.75) is 32.9 Å². The summed E-state index contributed by atoms with van der Waals surface area (Å²) in [4.78, 5) is 36.0. The Bertz CT molecular complexity index is 837. The van der Waals surface area contributed by atoms with Crippen molar-refractivity contribution in [3.05, 3.63) is 70.2 Å². The largest absolute Gasteiger partial charge is 0.452 e. The molecule has 0 radical (unpaired) electrons. The Morgan fingerprint density at radius 2 is 1.71 bits per heavy atom. The molecule has 0 aliphatic rings. The first-order chi connectivity index (χ1) is 13.4. The second-order valence-electron chi connectivity index (χ2n) is 6.30. The van der Waals surface area contributed by atoms with E-state index in [2.05, 4.69) is 10.6 Å². The predicted molar refractivity (Wildman–Crippen MR) is 107 cm³/mol. The van der Waals surface area contributed by atoms with Gasteiger partial charge in [-0.15, -0.1) is 0 Å². The maximum Gasteiger partial charge on any atom is 0.308 e. The number of halogens is 1. The molecule has 1 unspecified atom stereocenters. The Kier molecular flexibility index (Phi) is 8.02. The van der Waals surface area contributed by atoms with Crippen LogP contribution in [0.3, 0.4) is 0 Å². The normalized spacial score (nSPS) is 11.4. The maximum atomic E-state index is 12.1. The second-order valence-corrected chi connectivity index (χ2v) is 6.73. The number of benzene rings is 2. The molecule has 148 valence electrons. The molecular formula is C21H23ClN2O4. The van der Waals surface area contributed by atoms with Crippen molar-refractivity contribution in [3.8, 4) is 0 Å². The van der Waals surface area contributed by atoms with Crippen LogP contribution in [0.4, 0.5) is 0 Å². The van der Waals surface area contributed by atoms with E-state index in [4.69, 9.17) is 16.3 Å². The Morgan fingerprint density at radius 1 is 1.04 bits per heavy atom. The lowest BCUT2D eigenvalue weighted by atomic mass is 10.1. The Labute approximate surface area is 169 Å². The number of rotatable bonds is 8. The topological polar surface area (TPSA) is 84.5 Å². The van der Waals surface area contributed by atoms with Crippen LogP contribution in [0.5, 0.6) is 0 Å². The van der Waals surface area contributed by atoms with Crippen LogP contribution in [0.15, 0.2) is 48.5 Å². The third-order valence-corrected chi connectivity index (χ3v) is 4.31. The van der Waals surface area contributed by atoms with Gasteiger partial charge in [-0.2, -0.15) is 0 Å². The van der Waals surface area contributed by atoms with E-state index in [-0.39, 0.29) is 18.9 Å². The van der Waals surface area contributed by atoms with Crippen molar-refractivity contribution in [2.24, 2.45) is 0 Å². The smallest absolute Gasteiger partial charge is 0.308 e. The number of carbonyl (C=O) groups excluding carboxylic acids is 3. The Balaban J connectivity index is 1.70. The molecule has 0 aromatic heterocycles. The van der Waals surface area contributed by atoms with Gasteiger partial charge in [-0.25, -0.2) is 0 Å². The summed E-state index contributed by atoms with van der Waals surface area (Å²) in [5.41, 5.74) is 2.30. The fourth-order valence-corrected chi connectivity index (χ4v) is 2.57. The van der Waals surface area contributed by atoms with E-state index in [0.29, 0.717) is 17.1 Å². The summed E-state index contributed by atoms with van der Waals surface area (Å²) in [5.74, 6) is -1.20. The Hall–Kier alpha value is -2.86. The lowest BCUT2D eigenvalue weighted by Gasteiger charge is -2.14. The summed E-state index contributed by atoms with van der Waals surface area (Å²) in [7, 11) is 0. The van der Waals surface area contributed by atoms with Crippen molar-refractivity contribution in [1.29, 1.82) is 0 Å². The molecule has 2 aromatic rings. The molecular weight excluding hydrogens is 380 g/mol. The van der Waals surface area contributed by atoms with Crippen molar-refractivity contribution in [3.63, 3.8) is 0 Å². The number of hydrogen-bond acceptors (Lipinski definition) is 4. The number of nitrogens with one attached hydrogen (secondary N) is 2. The van der Waals surface area contributed by atoms with Gasteiger partial charge in [-0.1, -0.05) is 41.9 Å². The molecule has 0 aliphatic carbocycles. The number of hydrogen-bond donors (Lipinski definition) is 2. The SMILES string of the molecule is Cc1ccccc1C(=O)NCCC(=O)OC(C)C(=O)NCc1ccc(Cl)cc1. The minimum Gasteiger partial charge on any atom is -0.452 e. The number of ether oxygens (including phenoxy) is 1. The fourth-order valence-electron chi connectivity index (χ4n) is 2.45. The van der Waals surface area contributed by atoms with Crippen LogP contribution in [0.2, 0.25) is 5.02 Å². The van der Waals surface area contributed by atoms with Crippen molar-refractivity contribution in [2.75, 3.05) is 6.54 Å². The van der Waals surface area contributed by atoms with E-state index in [9.17, 15) is 14.4 Å². The maximum absolute atomic E-state index is 12.1. The van der Waals surface area contributed by atoms with Gasteiger partial charge in [0.05, 0.1) is 6.42 Å². The van der Waals surface area contributed by atoms with Crippen molar-refractivity contribution in [1.82, 2.24) is 10.6 Å². The average Bonchev–Trinajstić information content (AvgIpc) is 2.67. The molecule has 0 saturated heterocycles. The first-order valence-corrected chi connectivity index (χ1v) is 9.30. The zero-order valence-electron chi connectivity index (χ0n) is 15.8. The molecule has 2 aromatic carbocycles. The summed E-state index contributed by atoms with van der Waals surface area (Å²) in [6, 6.07) is 14.3. The Morgan fingerprint density at radius 3 is 2.39 bits per heavy atom. The van der Waals surface area contributed by atoms with Gasteiger partial charge in [0.15, 0.2) is 6.10 Å². The molecule has 2 rings (SSSR count). The van der Waals surface area contributed by atoms with Gasteiger partial charge in [0.25, 0.3) is 11.8 Å². The lowest BCUT2D eigenvalue weighted by molar-refractivity contribution is -0.154. The molecule has 0 fully saturated rings. The highest BCUT2D eigenvalue weighted by molar-refractivity contribution is 6.30. The molecule has 0 bridgehead atoms. The molecule has 0 heterocycles. The highest BCUT2D eigenvalue weighted by atomic mass is 35.5. The van der Waals surface area contributed by atoms with Crippen LogP contribution >= 0.6 is 11.6 Å². The number of aryl methyl sites for hydroxylation is 1. The van der Waals surface area contributed by atoms with E-state index in [1.807, 2.05) is 19.1 Å². The van der Waals surface area contributed by atoms with Crippen LogP contribution < -0.4 is 10.6 Å². The third-order valence-electron chi connectivity index (χ3n) is 4.06. The molecule has 28 heavy (non-hydrogen) atoms. The third kappa shape index (κ3) is 6.70. The first kappa shape index (κ1) is 21.4. The van der Waals surface area contributed by atoms with E-state index < -0.39 is 18.0 Å². The molecule has 1 atom stereocenters. The monoisotopic (exact) mass is 402 g/mol. The summed E-state index contributed by atoms with van der Waals surface area (Å²) in [5, 5.41) is 5.99. The standard InChI is InChI=1S/C21H23ClN2O4/c1-14-5-3-4-6-18(14)21(27)23-12-11-19(25)28-15(2)20(26)24-13-16-7-9-17(22)10-8-16/h3-10,15H,11-13H2,1-2H3,(H,23,27)(H,24,26). The number of esters is 1. The summed E-state index contributed by atoms with van der Waals surface area (Å²) >= 11 is 5.81. The van der Waals surface area contributed by atoms with Gasteiger partial charge in [0.2, 0.25) is 0 Å². The van der Waals surface area contributed by atoms with Crippen molar-refractivity contribution < 1.29 is 19.1 Å². The zero-order chi connectivity index (χ0) is 20.5. The van der Waals surface area contributed by atoms with Gasteiger partial charge in [0.1, 0.15) is 0 Å². The second kappa shape index (κ2) is 10.5. The van der Waals surface area contributed by atoms with E-state index >= 15 is 0 Å². The summed E-state index contributed by atoms with van der Waals surface area (Å²) in [6.45, 7) is 3.78. The molecule has 0 saturated carbocycles. The lowest BCUT2D eigenvalue weighted by Crippen LogP contribution is -2.36. The van der Waals surface area contributed by atoms with Gasteiger partial charge < -0.3 is 15.4 Å². The highest BCUT2D eigenvalue weighted by Crippen LogP contribution is 2.09. The predicted octanol–water partition coefficient (Wildman–Crippen LogP) is 3.02. The van der Waals surface area contributed by atoms with Crippen molar-refractivity contribution >= 4 is 29.4 Å². The number of amides is 2. The molecule has 0 spiro atoms. The van der Waals surface area contributed by atoms with Gasteiger partial charge in [-0.3, -0.25) is 14.4 Å². The van der Waals surface area contributed by atoms with E-state index in [1.54, 1.807) is 36.4 Å². The summed E-state index contributed by atoms with van der Waals surface area (Å²) in [6.07, 6.45) is -0.946. The fraction of sp³-hybridized carbons (Fsp3) is 0.286. The van der Waals surface area contributed by atoms with Crippen LogP contribution in [0.1, 0.15) is 34.8 Å². The van der Waals surface area contributed by atoms with E-state index in [1.165, 1.54) is 6.92 Å².